The average molecular weight is 421 g/mol. The summed E-state index contributed by atoms with van der Waals surface area (Å²) < 4.78 is 0. The fraction of sp³-hybridized carbons (Fsp3) is 0.235. The van der Waals surface area contributed by atoms with Crippen LogP contribution in [0.1, 0.15) is 43.8 Å². The number of aromatic carboxylic acids is 2. The molecule has 9 nitrogen and oxygen atoms in total. The molecule has 0 unspecified atom stereocenters. The molecular formula is C17H19CuN5O4. The van der Waals surface area contributed by atoms with Crippen LogP contribution in [0.25, 0.3) is 0 Å². The largest absolute Gasteiger partial charge is 2.00 e. The number of carbonyl (C=O) groups is 2. The molecule has 0 aliphatic heterocycles. The zero-order valence-corrected chi connectivity index (χ0v) is 16.1. The second-order valence-corrected chi connectivity index (χ2v) is 5.37. The van der Waals surface area contributed by atoms with Crippen LogP contribution in [0.15, 0.2) is 30.3 Å². The molecule has 3 aromatic rings. The van der Waals surface area contributed by atoms with Gasteiger partial charge >= 0.3 is 17.1 Å². The molecule has 3 rings (SSSR count). The molecule has 2 N–H and O–H groups in total. The van der Waals surface area contributed by atoms with Crippen LogP contribution in [-0.4, -0.2) is 37.3 Å². The maximum atomic E-state index is 10.2. The van der Waals surface area contributed by atoms with Gasteiger partial charge in [-0.2, -0.15) is 10.2 Å². The average Bonchev–Trinajstić information content (AvgIpc) is 3.15. The molecule has 0 spiro atoms. The number of aryl methyl sites for hydroxylation is 4. The molecule has 0 saturated carbocycles. The summed E-state index contributed by atoms with van der Waals surface area (Å²) in [5.41, 5.74) is 3.51. The summed E-state index contributed by atoms with van der Waals surface area (Å²) >= 11 is 0. The van der Waals surface area contributed by atoms with E-state index in [1.54, 1.807) is 0 Å². The molecule has 147 valence electrons. The third-order valence-electron chi connectivity index (χ3n) is 2.84. The van der Waals surface area contributed by atoms with Crippen molar-refractivity contribution in [1.29, 1.82) is 0 Å². The molecule has 0 amide bonds. The smallest absolute Gasteiger partial charge is 0.543 e. The summed E-state index contributed by atoms with van der Waals surface area (Å²) in [6.07, 6.45) is 0. The molecular weight excluding hydrogens is 402 g/mol. The fourth-order valence-electron chi connectivity index (χ4n) is 1.77. The van der Waals surface area contributed by atoms with Crippen LogP contribution in [0, 0.1) is 27.7 Å². The van der Waals surface area contributed by atoms with Gasteiger partial charge in [0.25, 0.3) is 0 Å². The van der Waals surface area contributed by atoms with Crippen molar-refractivity contribution in [3.63, 3.8) is 0 Å². The van der Waals surface area contributed by atoms with E-state index < -0.39 is 23.3 Å². The zero-order valence-electron chi connectivity index (χ0n) is 15.2. The SMILES string of the molecule is Cc1cc(C)[nH]n1.Cc1cc(C)[nH]n1.O=C([O-])c1cccc(C(=O)[O-])n1.[Cu+2]. The van der Waals surface area contributed by atoms with Crippen molar-refractivity contribution >= 4 is 11.9 Å². The number of aromatic amines is 2. The maximum absolute atomic E-state index is 10.2. The Hall–Kier alpha value is -2.97. The Kier molecular flexibility index (Phi) is 10.3. The molecule has 27 heavy (non-hydrogen) atoms. The number of rotatable bonds is 2. The van der Waals surface area contributed by atoms with Gasteiger partial charge in [0.05, 0.1) is 34.7 Å². The first kappa shape index (κ1) is 24.0. The number of pyridine rings is 1. The quantitative estimate of drug-likeness (QED) is 0.547. The van der Waals surface area contributed by atoms with Crippen molar-refractivity contribution in [3.05, 3.63) is 64.5 Å². The summed E-state index contributed by atoms with van der Waals surface area (Å²) in [7, 11) is 0. The molecule has 0 aromatic carbocycles. The van der Waals surface area contributed by atoms with Crippen molar-refractivity contribution in [3.8, 4) is 0 Å². The van der Waals surface area contributed by atoms with E-state index in [0.29, 0.717) is 0 Å². The Bertz CT molecular complexity index is 775. The third-order valence-corrected chi connectivity index (χ3v) is 2.84. The van der Waals surface area contributed by atoms with Gasteiger partial charge in [0.2, 0.25) is 0 Å². The molecule has 0 aliphatic carbocycles. The summed E-state index contributed by atoms with van der Waals surface area (Å²) in [5, 5.41) is 33.8. The van der Waals surface area contributed by atoms with E-state index in [1.165, 1.54) is 6.07 Å². The van der Waals surface area contributed by atoms with E-state index in [0.717, 1.165) is 34.9 Å². The van der Waals surface area contributed by atoms with Crippen molar-refractivity contribution < 1.29 is 36.9 Å². The number of nitrogens with one attached hydrogen (secondary N) is 2. The van der Waals surface area contributed by atoms with Gasteiger partial charge in [-0.15, -0.1) is 0 Å². The fourth-order valence-corrected chi connectivity index (χ4v) is 1.77. The number of aromatic nitrogens is 5. The van der Waals surface area contributed by atoms with E-state index in [2.05, 4.69) is 25.4 Å². The van der Waals surface area contributed by atoms with Crippen molar-refractivity contribution in [2.75, 3.05) is 0 Å². The first-order chi connectivity index (χ1) is 12.2. The van der Waals surface area contributed by atoms with Crippen molar-refractivity contribution in [2.45, 2.75) is 27.7 Å². The molecule has 3 aromatic heterocycles. The maximum Gasteiger partial charge on any atom is 2.00 e. The molecule has 0 fully saturated rings. The van der Waals surface area contributed by atoms with Gasteiger partial charge in [-0.3, -0.25) is 10.2 Å². The summed E-state index contributed by atoms with van der Waals surface area (Å²) in [6, 6.07) is 7.53. The van der Waals surface area contributed by atoms with E-state index in [-0.39, 0.29) is 17.1 Å². The molecule has 3 heterocycles. The minimum absolute atomic E-state index is 0. The molecule has 10 heteroatoms. The summed E-state index contributed by atoms with van der Waals surface area (Å²) in [6.45, 7) is 7.90. The van der Waals surface area contributed by atoms with Gasteiger partial charge in [0, 0.05) is 11.4 Å². The predicted octanol–water partition coefficient (Wildman–Crippen LogP) is -0.141. The summed E-state index contributed by atoms with van der Waals surface area (Å²) in [5.74, 6) is -3.03. The zero-order chi connectivity index (χ0) is 19.7. The van der Waals surface area contributed by atoms with Gasteiger partial charge < -0.3 is 19.8 Å². The Morgan fingerprint density at radius 2 is 1.19 bits per heavy atom. The van der Waals surface area contributed by atoms with Crippen molar-refractivity contribution in [1.82, 2.24) is 25.4 Å². The first-order valence-electron chi connectivity index (χ1n) is 7.56. The summed E-state index contributed by atoms with van der Waals surface area (Å²) in [4.78, 5) is 23.6. The van der Waals surface area contributed by atoms with Crippen LogP contribution in [0.5, 0.6) is 0 Å². The minimum Gasteiger partial charge on any atom is -0.543 e. The third kappa shape index (κ3) is 9.34. The van der Waals surface area contributed by atoms with E-state index in [1.807, 2.05) is 39.8 Å². The van der Waals surface area contributed by atoms with E-state index >= 15 is 0 Å². The Labute approximate surface area is 166 Å². The number of H-pyrrole nitrogens is 2. The van der Waals surface area contributed by atoms with E-state index in [4.69, 9.17) is 0 Å². The second-order valence-electron chi connectivity index (χ2n) is 5.37. The Morgan fingerprint density at radius 1 is 0.815 bits per heavy atom. The number of hydrogen-bond acceptors (Lipinski definition) is 7. The van der Waals surface area contributed by atoms with Crippen molar-refractivity contribution in [2.24, 2.45) is 0 Å². The standard InChI is InChI=1S/C7H5NO4.2C5H8N2.Cu/c9-6(10)4-2-1-3-5(8-4)7(11)12;2*1-4-3-5(2)7-6-4;/h1-3H,(H,9,10)(H,11,12);2*3H,1-2H3,(H,6,7);/q;;;+2/p-2. The predicted molar refractivity (Wildman–Crippen MR) is 89.0 cm³/mol. The monoisotopic (exact) mass is 420 g/mol. The number of carboxylic acid groups (broad SMARTS) is 2. The van der Waals surface area contributed by atoms with Crippen LogP contribution >= 0.6 is 0 Å². The topological polar surface area (TPSA) is 151 Å². The molecule has 1 radical (unpaired) electrons. The van der Waals surface area contributed by atoms with Gasteiger partial charge in [-0.25, -0.2) is 4.98 Å². The van der Waals surface area contributed by atoms with Crippen LogP contribution in [0.4, 0.5) is 0 Å². The number of hydrogen-bond donors (Lipinski definition) is 2. The molecule has 0 atom stereocenters. The molecule has 0 bridgehead atoms. The van der Waals surface area contributed by atoms with E-state index in [9.17, 15) is 19.8 Å². The molecule has 0 aliphatic rings. The normalized spacial score (nSPS) is 9.04. The second kappa shape index (κ2) is 11.6. The minimum atomic E-state index is -1.52. The number of carboxylic acids is 2. The van der Waals surface area contributed by atoms with Gasteiger partial charge in [0.1, 0.15) is 0 Å². The molecule has 0 saturated heterocycles. The van der Waals surface area contributed by atoms with Gasteiger partial charge in [0.15, 0.2) is 0 Å². The van der Waals surface area contributed by atoms with Gasteiger partial charge in [-0.05, 0) is 52.0 Å². The van der Waals surface area contributed by atoms with Gasteiger partial charge in [-0.1, -0.05) is 6.07 Å². The number of nitrogens with zero attached hydrogens (tertiary/aromatic N) is 3. The van der Waals surface area contributed by atoms with Crippen LogP contribution in [-0.2, 0) is 17.1 Å². The van der Waals surface area contributed by atoms with Crippen LogP contribution < -0.4 is 10.2 Å². The first-order valence-corrected chi connectivity index (χ1v) is 7.56. The van der Waals surface area contributed by atoms with Crippen LogP contribution in [0.3, 0.4) is 0 Å². The Balaban J connectivity index is 0.000000390. The van der Waals surface area contributed by atoms with Crippen LogP contribution in [0.2, 0.25) is 0 Å². The number of carbonyl (C=O) groups excluding carboxylic acids is 2. The Morgan fingerprint density at radius 3 is 1.37 bits per heavy atom.